The second kappa shape index (κ2) is 74.5. The van der Waals surface area contributed by atoms with Crippen molar-refractivity contribution in [3.63, 3.8) is 0 Å². The average Bonchev–Trinajstić information content (AvgIpc) is 3.13. The summed E-state index contributed by atoms with van der Waals surface area (Å²) in [6.45, 7) is 40.2. The highest BCUT2D eigenvalue weighted by atomic mass is 16.5. The molecule has 0 heterocycles. The Balaban J connectivity index is -0.0000000751. The summed E-state index contributed by atoms with van der Waals surface area (Å²) >= 11 is 0. The van der Waals surface area contributed by atoms with Crippen molar-refractivity contribution in [2.45, 2.75) is 233 Å². The lowest BCUT2D eigenvalue weighted by Crippen LogP contribution is -2.10. The van der Waals surface area contributed by atoms with Crippen molar-refractivity contribution in [2.75, 3.05) is 13.7 Å². The molecule has 0 aliphatic carbocycles. The quantitative estimate of drug-likeness (QED) is 0.0742. The van der Waals surface area contributed by atoms with Gasteiger partial charge in [0.1, 0.15) is 17.3 Å². The molecule has 0 atom stereocenters. The lowest BCUT2D eigenvalue weighted by atomic mass is 10.0. The SMILES string of the molecule is C=C(OCCCCCC)C(=NC)/C(=C/CCC)CC.CC.CC.CC.CC.CCCC.CCCC.CCCCCCCC(=O)CC. The number of hydrogen-bond acceptors (Lipinski definition) is 3. The molecule has 0 aliphatic rings. The van der Waals surface area contributed by atoms with Gasteiger partial charge in [0.15, 0.2) is 0 Å². The summed E-state index contributed by atoms with van der Waals surface area (Å²) in [4.78, 5) is 15.2. The Morgan fingerprint density at radius 3 is 1.30 bits per heavy atom. The van der Waals surface area contributed by atoms with Gasteiger partial charge in [-0.15, -0.1) is 0 Å². The largest absolute Gasteiger partial charge is 0.492 e. The summed E-state index contributed by atoms with van der Waals surface area (Å²) in [5.41, 5.74) is 2.19. The van der Waals surface area contributed by atoms with E-state index < -0.39 is 0 Å². The van der Waals surface area contributed by atoms with E-state index in [9.17, 15) is 4.79 Å². The summed E-state index contributed by atoms with van der Waals surface area (Å²) in [7, 11) is 1.82. The van der Waals surface area contributed by atoms with Crippen LogP contribution in [0.15, 0.2) is 29.0 Å². The van der Waals surface area contributed by atoms with E-state index in [0.29, 0.717) is 12.2 Å². The molecule has 3 heteroatoms. The van der Waals surface area contributed by atoms with Crippen LogP contribution in [0.25, 0.3) is 0 Å². The minimum Gasteiger partial charge on any atom is -0.492 e. The first kappa shape index (κ1) is 63.3. The van der Waals surface area contributed by atoms with E-state index in [-0.39, 0.29) is 0 Å². The minimum absolute atomic E-state index is 0.418. The zero-order valence-corrected chi connectivity index (χ0v) is 36.0. The van der Waals surface area contributed by atoms with E-state index in [4.69, 9.17) is 4.74 Å². The topological polar surface area (TPSA) is 38.7 Å². The second-order valence-corrected chi connectivity index (χ2v) is 9.83. The summed E-state index contributed by atoms with van der Waals surface area (Å²) < 4.78 is 5.74. The maximum absolute atomic E-state index is 10.8. The number of Topliss-reactive ketones (excluding diaryl/α,β-unsaturated/α-hetero) is 1. The van der Waals surface area contributed by atoms with Crippen molar-refractivity contribution in [3.8, 4) is 0 Å². The Bertz CT molecular complexity index is 527. The number of rotatable bonds is 20. The van der Waals surface area contributed by atoms with Crippen LogP contribution in [0, 0.1) is 0 Å². The summed E-state index contributed by atoms with van der Waals surface area (Å²) in [6.07, 6.45) is 23.4. The number of carbonyl (C=O) groups is 1. The monoisotopic (exact) mass is 658 g/mol. The van der Waals surface area contributed by atoms with Gasteiger partial charge >= 0.3 is 0 Å². The molecule has 0 amide bonds. The molecular weight excluding hydrogens is 562 g/mol. The Labute approximate surface area is 296 Å². The lowest BCUT2D eigenvalue weighted by Gasteiger charge is -2.13. The molecule has 0 bridgehead atoms. The third-order valence-electron chi connectivity index (χ3n) is 6.08. The van der Waals surface area contributed by atoms with Crippen molar-refractivity contribution in [1.82, 2.24) is 0 Å². The lowest BCUT2D eigenvalue weighted by molar-refractivity contribution is -0.118. The van der Waals surface area contributed by atoms with E-state index in [1.807, 2.05) is 69.4 Å². The van der Waals surface area contributed by atoms with E-state index in [2.05, 4.69) is 73.0 Å². The van der Waals surface area contributed by atoms with Gasteiger partial charge in [-0.2, -0.15) is 0 Å². The Morgan fingerprint density at radius 2 is 0.978 bits per heavy atom. The highest BCUT2D eigenvalue weighted by Gasteiger charge is 2.09. The number of unbranched alkanes of at least 4 members (excludes halogenated alkanes) is 10. The molecule has 0 N–H and O–H groups in total. The predicted octanol–water partition coefficient (Wildman–Crippen LogP) is 16.3. The van der Waals surface area contributed by atoms with Crippen LogP contribution in [0.1, 0.15) is 233 Å². The van der Waals surface area contributed by atoms with Crippen LogP contribution in [0.2, 0.25) is 0 Å². The van der Waals surface area contributed by atoms with Crippen LogP contribution in [0.3, 0.4) is 0 Å². The molecule has 0 unspecified atom stereocenters. The van der Waals surface area contributed by atoms with Crippen LogP contribution in [0.5, 0.6) is 0 Å². The first-order valence-electron chi connectivity index (χ1n) is 20.3. The number of hydrogen-bond donors (Lipinski definition) is 0. The third kappa shape index (κ3) is 69.4. The van der Waals surface area contributed by atoms with Crippen LogP contribution < -0.4 is 0 Å². The van der Waals surface area contributed by atoms with Gasteiger partial charge in [0, 0.05) is 19.9 Å². The molecule has 0 aromatic heterocycles. The number of allylic oxidation sites excluding steroid dienone is 2. The van der Waals surface area contributed by atoms with Crippen molar-refractivity contribution in [3.05, 3.63) is 24.0 Å². The molecule has 0 aliphatic heterocycles. The van der Waals surface area contributed by atoms with E-state index >= 15 is 0 Å². The number of ketones is 1. The Hall–Kier alpha value is -1.38. The maximum atomic E-state index is 10.8. The fourth-order valence-electron chi connectivity index (χ4n) is 3.07. The van der Waals surface area contributed by atoms with Crippen molar-refractivity contribution >= 4 is 11.5 Å². The molecule has 0 fully saturated rings. The van der Waals surface area contributed by atoms with Gasteiger partial charge in [-0.05, 0) is 31.3 Å². The smallest absolute Gasteiger partial charge is 0.137 e. The van der Waals surface area contributed by atoms with Gasteiger partial charge in [-0.3, -0.25) is 9.79 Å². The third-order valence-corrected chi connectivity index (χ3v) is 6.08. The maximum Gasteiger partial charge on any atom is 0.137 e. The van der Waals surface area contributed by atoms with Crippen LogP contribution in [-0.2, 0) is 9.53 Å². The Morgan fingerprint density at radius 1 is 0.565 bits per heavy atom. The number of aliphatic imine (C=N–C) groups is 1. The molecule has 0 saturated carbocycles. The number of ether oxygens (including phenoxy) is 1. The van der Waals surface area contributed by atoms with Gasteiger partial charge in [-0.1, -0.05) is 207 Å². The normalized spacial score (nSPS) is 9.43. The van der Waals surface area contributed by atoms with Gasteiger partial charge in [0.2, 0.25) is 0 Å². The van der Waals surface area contributed by atoms with Crippen LogP contribution in [-0.4, -0.2) is 25.1 Å². The molecule has 3 nitrogen and oxygen atoms in total. The average molecular weight is 658 g/mol. The fourth-order valence-corrected chi connectivity index (χ4v) is 3.07. The van der Waals surface area contributed by atoms with Gasteiger partial charge in [0.25, 0.3) is 0 Å². The first-order valence-corrected chi connectivity index (χ1v) is 20.3. The van der Waals surface area contributed by atoms with Crippen LogP contribution in [0.4, 0.5) is 0 Å². The molecule has 46 heavy (non-hydrogen) atoms. The summed E-state index contributed by atoms with van der Waals surface area (Å²) in [5.74, 6) is 1.14. The second-order valence-electron chi connectivity index (χ2n) is 9.83. The molecule has 284 valence electrons. The van der Waals surface area contributed by atoms with E-state index in [0.717, 1.165) is 56.6 Å². The molecule has 0 rings (SSSR count). The van der Waals surface area contributed by atoms with Gasteiger partial charge in [-0.25, -0.2) is 0 Å². The Kier molecular flexibility index (Phi) is 102. The molecule has 0 saturated heterocycles. The summed E-state index contributed by atoms with van der Waals surface area (Å²) in [6, 6.07) is 0. The highest BCUT2D eigenvalue weighted by Crippen LogP contribution is 2.14. The molecule has 0 aromatic carbocycles. The van der Waals surface area contributed by atoms with Crippen LogP contribution >= 0.6 is 0 Å². The van der Waals surface area contributed by atoms with Gasteiger partial charge in [0.05, 0.1) is 6.61 Å². The van der Waals surface area contributed by atoms with Gasteiger partial charge < -0.3 is 4.74 Å². The van der Waals surface area contributed by atoms with Crippen molar-refractivity contribution < 1.29 is 9.53 Å². The standard InChI is InChI=1S/C17H31NO.C10H20O.2C4H10.4C2H6/c1-6-9-11-12-14-19-15(4)17(18-5)16(8-3)13-10-7-2;1-3-5-6-7-8-9-10(11)4-2;2*1-3-4-2;4*1-2/h13H,4,6-12,14H2,1-3,5H3;3-9H2,1-2H3;2*3-4H2,1-2H3;4*1-2H3/b16-13+,18-17?;;;;;;;. The zero-order chi connectivity index (χ0) is 37.9. The molecule has 0 aromatic rings. The van der Waals surface area contributed by atoms with Crippen molar-refractivity contribution in [1.29, 1.82) is 0 Å². The number of nitrogens with zero attached hydrogens (tertiary/aromatic N) is 1. The fraction of sp³-hybridized carbons (Fsp3) is 0.860. The molecule has 0 radical (unpaired) electrons. The predicted molar refractivity (Wildman–Crippen MR) is 221 cm³/mol. The molecule has 0 spiro atoms. The minimum atomic E-state index is 0.418. The highest BCUT2D eigenvalue weighted by molar-refractivity contribution is 6.10. The first-order chi connectivity index (χ1) is 22.3. The van der Waals surface area contributed by atoms with E-state index in [1.54, 1.807) is 0 Å². The summed E-state index contributed by atoms with van der Waals surface area (Å²) in [5, 5.41) is 0. The zero-order valence-electron chi connectivity index (χ0n) is 36.0. The van der Waals surface area contributed by atoms with Crippen molar-refractivity contribution in [2.24, 2.45) is 4.99 Å². The molecular formula is C43H95NO2. The number of carbonyl (C=O) groups excluding carboxylic acids is 1. The van der Waals surface area contributed by atoms with E-state index in [1.165, 1.54) is 76.2 Å².